The zero-order chi connectivity index (χ0) is 12.3. The van der Waals surface area contributed by atoms with Gasteiger partial charge in [0.15, 0.2) is 0 Å². The van der Waals surface area contributed by atoms with E-state index in [9.17, 15) is 9.50 Å². The van der Waals surface area contributed by atoms with Crippen molar-refractivity contribution in [3.63, 3.8) is 0 Å². The molecule has 0 saturated carbocycles. The van der Waals surface area contributed by atoms with Gasteiger partial charge in [0, 0.05) is 10.6 Å². The van der Waals surface area contributed by atoms with E-state index < -0.39 is 0 Å². The molecule has 0 aliphatic carbocycles. The molecule has 88 valence electrons. The Morgan fingerprint density at radius 1 is 1.12 bits per heavy atom. The molecule has 0 aliphatic rings. The zero-order valence-corrected chi connectivity index (χ0v) is 10.3. The fourth-order valence-electron chi connectivity index (χ4n) is 1.45. The average molecular weight is 250 g/mol. The summed E-state index contributed by atoms with van der Waals surface area (Å²) in [4.78, 5) is 0. The van der Waals surface area contributed by atoms with E-state index in [-0.39, 0.29) is 20.1 Å². The van der Waals surface area contributed by atoms with Gasteiger partial charge in [-0.25, -0.2) is 4.39 Å². The van der Waals surface area contributed by atoms with Gasteiger partial charge in [0.05, 0.1) is 7.11 Å². The van der Waals surface area contributed by atoms with Crippen molar-refractivity contribution in [1.82, 2.24) is 0 Å². The second-order valence-electron chi connectivity index (χ2n) is 3.49. The molecule has 0 spiro atoms. The van der Waals surface area contributed by atoms with Crippen molar-refractivity contribution >= 4 is 19.2 Å². The van der Waals surface area contributed by atoms with Crippen molar-refractivity contribution in [3.05, 3.63) is 48.3 Å². The summed E-state index contributed by atoms with van der Waals surface area (Å²) >= 11 is 0. The second-order valence-corrected chi connectivity index (χ2v) is 4.82. The summed E-state index contributed by atoms with van der Waals surface area (Å²) in [7, 11) is 1.63. The van der Waals surface area contributed by atoms with Gasteiger partial charge < -0.3 is 9.84 Å². The third-order valence-corrected chi connectivity index (χ3v) is 3.69. The standard InChI is InChI=1S/C13H12FO2P/c1-16-9-6-7-11(15)13(8-9)17-12-5-3-2-4-10(12)14/h2-8,15,17H,1H3. The Labute approximate surface area is 101 Å². The summed E-state index contributed by atoms with van der Waals surface area (Å²) in [5.74, 6) is 0.557. The molecule has 2 aromatic rings. The topological polar surface area (TPSA) is 29.5 Å². The number of aromatic hydroxyl groups is 1. The summed E-state index contributed by atoms with van der Waals surface area (Å²) < 4.78 is 18.6. The Morgan fingerprint density at radius 2 is 1.88 bits per heavy atom. The minimum atomic E-state index is -0.256. The lowest BCUT2D eigenvalue weighted by Crippen LogP contribution is -2.07. The Balaban J connectivity index is 2.32. The monoisotopic (exact) mass is 250 g/mol. The quantitative estimate of drug-likeness (QED) is 0.846. The van der Waals surface area contributed by atoms with Crippen LogP contribution in [0.2, 0.25) is 0 Å². The van der Waals surface area contributed by atoms with E-state index in [0.717, 1.165) is 0 Å². The molecule has 1 atom stereocenters. The van der Waals surface area contributed by atoms with Crippen LogP contribution in [0.4, 0.5) is 4.39 Å². The van der Waals surface area contributed by atoms with Gasteiger partial charge in [0.1, 0.15) is 17.3 Å². The first kappa shape index (κ1) is 11.9. The van der Waals surface area contributed by atoms with E-state index in [1.54, 1.807) is 43.5 Å². The van der Waals surface area contributed by atoms with Crippen molar-refractivity contribution in [3.8, 4) is 11.5 Å². The molecule has 0 bridgehead atoms. The van der Waals surface area contributed by atoms with E-state index in [0.29, 0.717) is 16.4 Å². The molecule has 0 saturated heterocycles. The number of phenols is 1. The first-order chi connectivity index (χ1) is 8.20. The number of rotatable bonds is 3. The van der Waals surface area contributed by atoms with Crippen LogP contribution in [0.3, 0.4) is 0 Å². The van der Waals surface area contributed by atoms with Crippen LogP contribution in [0.5, 0.6) is 11.5 Å². The van der Waals surface area contributed by atoms with Gasteiger partial charge in [-0.1, -0.05) is 26.8 Å². The number of methoxy groups -OCH3 is 1. The first-order valence-corrected chi connectivity index (χ1v) is 6.09. The van der Waals surface area contributed by atoms with Gasteiger partial charge in [-0.05, 0) is 24.3 Å². The molecule has 2 aromatic carbocycles. The van der Waals surface area contributed by atoms with E-state index in [1.165, 1.54) is 6.07 Å². The highest BCUT2D eigenvalue weighted by Gasteiger charge is 2.07. The molecule has 0 fully saturated rings. The summed E-state index contributed by atoms with van der Waals surface area (Å²) in [6.07, 6.45) is 0. The Morgan fingerprint density at radius 3 is 2.59 bits per heavy atom. The normalized spacial score (nSPS) is 10.9. The lowest BCUT2D eigenvalue weighted by atomic mass is 10.3. The summed E-state index contributed by atoms with van der Waals surface area (Å²) in [6, 6.07) is 11.5. The maximum atomic E-state index is 13.5. The second kappa shape index (κ2) is 5.15. The van der Waals surface area contributed by atoms with Gasteiger partial charge in [0.25, 0.3) is 0 Å². The van der Waals surface area contributed by atoms with E-state index in [1.807, 2.05) is 0 Å². The molecule has 0 radical (unpaired) electrons. The van der Waals surface area contributed by atoms with Crippen LogP contribution in [-0.2, 0) is 0 Å². The third-order valence-electron chi connectivity index (χ3n) is 2.35. The Hall–Kier alpha value is -1.60. The summed E-state index contributed by atoms with van der Waals surface area (Å²) in [5.41, 5.74) is 0. The predicted molar refractivity (Wildman–Crippen MR) is 68.6 cm³/mol. The van der Waals surface area contributed by atoms with Crippen LogP contribution in [0, 0.1) is 5.82 Å². The van der Waals surface area contributed by atoms with Gasteiger partial charge in [0.2, 0.25) is 0 Å². The van der Waals surface area contributed by atoms with Gasteiger partial charge in [-0.3, -0.25) is 0 Å². The van der Waals surface area contributed by atoms with Crippen LogP contribution in [0.1, 0.15) is 0 Å². The fourth-order valence-corrected chi connectivity index (χ4v) is 2.55. The highest BCUT2D eigenvalue weighted by atomic mass is 31.1. The molecule has 2 rings (SSSR count). The number of hydrogen-bond acceptors (Lipinski definition) is 2. The van der Waals surface area contributed by atoms with E-state index >= 15 is 0 Å². The average Bonchev–Trinajstić information content (AvgIpc) is 2.35. The van der Waals surface area contributed by atoms with Crippen molar-refractivity contribution in [1.29, 1.82) is 0 Å². The molecular formula is C13H12FO2P. The Bertz CT molecular complexity index is 529. The SMILES string of the molecule is COc1ccc(O)c(Pc2ccccc2F)c1. The molecule has 4 heteroatoms. The minimum Gasteiger partial charge on any atom is -0.507 e. The zero-order valence-electron chi connectivity index (χ0n) is 9.27. The van der Waals surface area contributed by atoms with Crippen LogP contribution < -0.4 is 15.3 Å². The highest BCUT2D eigenvalue weighted by Crippen LogP contribution is 2.23. The molecule has 1 N–H and O–H groups in total. The molecule has 0 aliphatic heterocycles. The maximum Gasteiger partial charge on any atom is 0.130 e. The van der Waals surface area contributed by atoms with Crippen molar-refractivity contribution < 1.29 is 14.2 Å². The van der Waals surface area contributed by atoms with E-state index in [4.69, 9.17) is 4.74 Å². The van der Waals surface area contributed by atoms with Crippen molar-refractivity contribution in [2.45, 2.75) is 0 Å². The Kier molecular flexibility index (Phi) is 3.60. The predicted octanol–water partition coefficient (Wildman–Crippen LogP) is 2.17. The van der Waals surface area contributed by atoms with Crippen LogP contribution in [0.15, 0.2) is 42.5 Å². The molecule has 17 heavy (non-hydrogen) atoms. The van der Waals surface area contributed by atoms with Crippen LogP contribution >= 0.6 is 8.58 Å². The number of hydrogen-bond donors (Lipinski definition) is 1. The first-order valence-electron chi connectivity index (χ1n) is 5.09. The van der Waals surface area contributed by atoms with Gasteiger partial charge in [-0.15, -0.1) is 0 Å². The lowest BCUT2D eigenvalue weighted by Gasteiger charge is -2.08. The van der Waals surface area contributed by atoms with Crippen molar-refractivity contribution in [2.24, 2.45) is 0 Å². The lowest BCUT2D eigenvalue weighted by molar-refractivity contribution is 0.413. The molecular weight excluding hydrogens is 238 g/mol. The molecule has 0 aromatic heterocycles. The molecule has 0 amide bonds. The van der Waals surface area contributed by atoms with E-state index in [2.05, 4.69) is 0 Å². The van der Waals surface area contributed by atoms with Crippen molar-refractivity contribution in [2.75, 3.05) is 7.11 Å². The molecule has 1 unspecified atom stereocenters. The van der Waals surface area contributed by atoms with Crippen LogP contribution in [0.25, 0.3) is 0 Å². The molecule has 0 heterocycles. The number of halogens is 1. The fraction of sp³-hybridized carbons (Fsp3) is 0.0769. The van der Waals surface area contributed by atoms with Gasteiger partial charge in [-0.2, -0.15) is 0 Å². The highest BCUT2D eigenvalue weighted by molar-refractivity contribution is 7.55. The number of benzene rings is 2. The maximum absolute atomic E-state index is 13.5. The number of ether oxygens (including phenoxy) is 1. The number of phenolic OH excluding ortho intramolecular Hbond substituents is 1. The van der Waals surface area contributed by atoms with Gasteiger partial charge >= 0.3 is 0 Å². The smallest absolute Gasteiger partial charge is 0.130 e. The van der Waals surface area contributed by atoms with Crippen LogP contribution in [-0.4, -0.2) is 12.2 Å². The molecule has 2 nitrogen and oxygen atoms in total. The summed E-state index contributed by atoms with van der Waals surface area (Å²) in [5, 5.41) is 11.0. The third kappa shape index (κ3) is 2.75. The summed E-state index contributed by atoms with van der Waals surface area (Å²) in [6.45, 7) is 0. The minimum absolute atomic E-state index is 0.0688. The largest absolute Gasteiger partial charge is 0.507 e.